The largest absolute Gasteiger partial charge is 0.487 e. The summed E-state index contributed by atoms with van der Waals surface area (Å²) in [5.74, 6) is -0.226. The van der Waals surface area contributed by atoms with E-state index in [1.54, 1.807) is 24.3 Å². The lowest BCUT2D eigenvalue weighted by Gasteiger charge is -2.13. The van der Waals surface area contributed by atoms with Crippen LogP contribution >= 0.6 is 31.9 Å². The highest BCUT2D eigenvalue weighted by Crippen LogP contribution is 2.52. The number of non-ortho nitro benzene ring substituents is 1. The molecule has 1 aliphatic heterocycles. The number of benzene rings is 2. The molecule has 0 unspecified atom stereocenters. The Labute approximate surface area is 205 Å². The van der Waals surface area contributed by atoms with Crippen LogP contribution in [0.2, 0.25) is 0 Å². The van der Waals surface area contributed by atoms with Gasteiger partial charge in [-0.1, -0.05) is 24.3 Å². The molecule has 4 atom stereocenters. The Morgan fingerprint density at radius 1 is 1.09 bits per heavy atom. The highest BCUT2D eigenvalue weighted by Gasteiger charge is 2.59. The number of allylic oxidation sites excluding steroid dienone is 2. The molecule has 3 aliphatic rings. The van der Waals surface area contributed by atoms with Gasteiger partial charge in [-0.05, 0) is 73.4 Å². The van der Waals surface area contributed by atoms with Crippen molar-refractivity contribution in [3.05, 3.63) is 78.7 Å². The molecule has 1 saturated carbocycles. The van der Waals surface area contributed by atoms with Crippen molar-refractivity contribution in [2.75, 3.05) is 0 Å². The molecule has 5 rings (SSSR count). The van der Waals surface area contributed by atoms with Crippen LogP contribution in [0.3, 0.4) is 0 Å². The number of nitro groups is 1. The molecule has 0 radical (unpaired) electrons. The average Bonchev–Trinajstić information content (AvgIpc) is 3.46. The molecule has 8 nitrogen and oxygen atoms in total. The van der Waals surface area contributed by atoms with Crippen LogP contribution in [0, 0.1) is 33.8 Å². The Hall–Kier alpha value is -2.85. The van der Waals surface area contributed by atoms with Crippen molar-refractivity contribution >= 4 is 55.6 Å². The first-order chi connectivity index (χ1) is 15.8. The number of ether oxygens (including phenoxy) is 1. The van der Waals surface area contributed by atoms with Crippen molar-refractivity contribution in [2.45, 2.75) is 13.0 Å². The van der Waals surface area contributed by atoms with Gasteiger partial charge in [0.25, 0.3) is 17.5 Å². The zero-order chi connectivity index (χ0) is 23.3. The van der Waals surface area contributed by atoms with Crippen molar-refractivity contribution in [3.8, 4) is 5.75 Å². The van der Waals surface area contributed by atoms with Gasteiger partial charge in [0, 0.05) is 12.1 Å². The number of imide groups is 1. The Balaban J connectivity index is 1.29. The maximum Gasteiger partial charge on any atom is 0.269 e. The van der Waals surface area contributed by atoms with E-state index < -0.39 is 4.92 Å². The summed E-state index contributed by atoms with van der Waals surface area (Å²) in [7, 11) is 0. The van der Waals surface area contributed by atoms with Crippen LogP contribution in [0.4, 0.5) is 5.69 Å². The Bertz CT molecular complexity index is 1190. The van der Waals surface area contributed by atoms with Crippen LogP contribution in [0.5, 0.6) is 5.75 Å². The molecule has 2 aliphatic carbocycles. The fourth-order valence-corrected chi connectivity index (χ4v) is 6.28. The molecule has 0 spiro atoms. The fraction of sp³-hybridized carbons (Fsp3) is 0.261. The molecule has 2 aromatic rings. The predicted octanol–water partition coefficient (Wildman–Crippen LogP) is 4.84. The Morgan fingerprint density at radius 3 is 2.33 bits per heavy atom. The second-order valence-electron chi connectivity index (χ2n) is 8.26. The number of fused-ring (bicyclic) bond motifs is 5. The van der Waals surface area contributed by atoms with Crippen LogP contribution in [0.15, 0.2) is 62.6 Å². The minimum Gasteiger partial charge on any atom is -0.487 e. The molecule has 2 aromatic carbocycles. The molecule has 168 valence electrons. The maximum absolute atomic E-state index is 12.8. The fourth-order valence-electron chi connectivity index (χ4n) is 4.83. The second-order valence-corrected chi connectivity index (χ2v) is 9.97. The van der Waals surface area contributed by atoms with Crippen molar-refractivity contribution < 1.29 is 19.2 Å². The van der Waals surface area contributed by atoms with Crippen LogP contribution in [-0.2, 0) is 16.2 Å². The van der Waals surface area contributed by atoms with Crippen molar-refractivity contribution in [1.29, 1.82) is 0 Å². The predicted molar refractivity (Wildman–Crippen MR) is 126 cm³/mol. The third kappa shape index (κ3) is 3.91. The van der Waals surface area contributed by atoms with E-state index in [-0.39, 0.29) is 47.8 Å². The summed E-state index contributed by atoms with van der Waals surface area (Å²) < 4.78 is 7.10. The third-order valence-electron chi connectivity index (χ3n) is 6.29. The number of rotatable bonds is 6. The number of amides is 2. The number of carbonyl (C=O) groups is 2. The van der Waals surface area contributed by atoms with Gasteiger partial charge in [0.2, 0.25) is 0 Å². The van der Waals surface area contributed by atoms with Gasteiger partial charge in [-0.15, -0.1) is 0 Å². The number of halogens is 2. The van der Waals surface area contributed by atoms with Gasteiger partial charge in [-0.25, -0.2) is 0 Å². The number of carbonyl (C=O) groups excluding carboxylic acids is 2. The number of hydrogen-bond acceptors (Lipinski definition) is 6. The molecule has 1 saturated heterocycles. The topological polar surface area (TPSA) is 102 Å². The average molecular weight is 575 g/mol. The SMILES string of the molecule is O=C1[C@@H]2[C@H](C(=O)N1N=Cc1cc(Br)c(OCc3cccc([N+](=O)[O-])c3)c(Br)c1)[C@H]1C=C[C@H]2C1. The summed E-state index contributed by atoms with van der Waals surface area (Å²) in [6.45, 7) is 0.141. The molecular formula is C23H17Br2N3O5. The normalized spacial score (nSPS) is 25.3. The van der Waals surface area contributed by atoms with Crippen LogP contribution in [0.25, 0.3) is 0 Å². The molecule has 0 aromatic heterocycles. The van der Waals surface area contributed by atoms with E-state index in [2.05, 4.69) is 37.0 Å². The molecule has 10 heteroatoms. The van der Waals surface area contributed by atoms with E-state index in [1.807, 2.05) is 12.2 Å². The minimum absolute atomic E-state index is 0.000254. The summed E-state index contributed by atoms with van der Waals surface area (Å²) in [6, 6.07) is 9.76. The van der Waals surface area contributed by atoms with E-state index in [9.17, 15) is 19.7 Å². The van der Waals surface area contributed by atoms with Gasteiger partial charge in [0.15, 0.2) is 0 Å². The first-order valence-electron chi connectivity index (χ1n) is 10.3. The first kappa shape index (κ1) is 22.0. The molecule has 33 heavy (non-hydrogen) atoms. The van der Waals surface area contributed by atoms with E-state index in [1.165, 1.54) is 18.3 Å². The zero-order valence-electron chi connectivity index (χ0n) is 17.1. The Morgan fingerprint density at radius 2 is 1.73 bits per heavy atom. The lowest BCUT2D eigenvalue weighted by molar-refractivity contribution is -0.384. The number of hydrogen-bond donors (Lipinski definition) is 0. The summed E-state index contributed by atoms with van der Waals surface area (Å²) in [5.41, 5.74) is 1.32. The van der Waals surface area contributed by atoms with Gasteiger partial charge < -0.3 is 4.74 Å². The molecular weight excluding hydrogens is 558 g/mol. The lowest BCUT2D eigenvalue weighted by atomic mass is 9.85. The highest BCUT2D eigenvalue weighted by molar-refractivity contribution is 9.11. The van der Waals surface area contributed by atoms with Gasteiger partial charge in [0.1, 0.15) is 12.4 Å². The standard InChI is InChI=1S/C23H17Br2N3O5/c24-17-7-13(8-18(25)21(17)33-11-12-2-1-3-16(6-12)28(31)32)10-26-27-22(29)19-14-4-5-15(9-14)20(19)23(27)30/h1-8,10,14-15,19-20H,9,11H2/t14-,15-,19-,20+/m0/s1. The molecule has 2 bridgehead atoms. The zero-order valence-corrected chi connectivity index (χ0v) is 20.2. The van der Waals surface area contributed by atoms with E-state index in [0.29, 0.717) is 25.8 Å². The van der Waals surface area contributed by atoms with E-state index in [0.717, 1.165) is 11.4 Å². The van der Waals surface area contributed by atoms with Crippen LogP contribution in [0.1, 0.15) is 17.5 Å². The number of hydrazone groups is 1. The van der Waals surface area contributed by atoms with Crippen LogP contribution in [-0.4, -0.2) is 28.0 Å². The molecule has 2 amide bonds. The summed E-state index contributed by atoms with van der Waals surface area (Å²) in [5, 5.41) is 16.2. The minimum atomic E-state index is -0.451. The van der Waals surface area contributed by atoms with Crippen molar-refractivity contribution in [2.24, 2.45) is 28.8 Å². The van der Waals surface area contributed by atoms with Gasteiger partial charge in [-0.3, -0.25) is 19.7 Å². The number of nitro benzene ring substituents is 1. The first-order valence-corrected chi connectivity index (χ1v) is 11.9. The third-order valence-corrected chi connectivity index (χ3v) is 7.47. The lowest BCUT2D eigenvalue weighted by Crippen LogP contribution is -2.28. The second kappa shape index (κ2) is 8.49. The summed E-state index contributed by atoms with van der Waals surface area (Å²) in [4.78, 5) is 36.0. The summed E-state index contributed by atoms with van der Waals surface area (Å²) in [6.07, 6.45) is 6.45. The van der Waals surface area contributed by atoms with Crippen LogP contribution < -0.4 is 4.74 Å². The van der Waals surface area contributed by atoms with E-state index >= 15 is 0 Å². The van der Waals surface area contributed by atoms with Crippen molar-refractivity contribution in [1.82, 2.24) is 5.01 Å². The van der Waals surface area contributed by atoms with E-state index in [4.69, 9.17) is 4.74 Å². The smallest absolute Gasteiger partial charge is 0.269 e. The molecule has 1 heterocycles. The number of nitrogens with zero attached hydrogens (tertiary/aromatic N) is 3. The highest BCUT2D eigenvalue weighted by atomic mass is 79.9. The van der Waals surface area contributed by atoms with Gasteiger partial charge >= 0.3 is 0 Å². The quantitative estimate of drug-likeness (QED) is 0.161. The van der Waals surface area contributed by atoms with Gasteiger partial charge in [0.05, 0.1) is 31.9 Å². The Kier molecular flexibility index (Phi) is 5.65. The summed E-state index contributed by atoms with van der Waals surface area (Å²) >= 11 is 6.94. The maximum atomic E-state index is 12.8. The monoisotopic (exact) mass is 573 g/mol. The molecule has 2 fully saturated rings. The van der Waals surface area contributed by atoms with Crippen molar-refractivity contribution in [3.63, 3.8) is 0 Å². The van der Waals surface area contributed by atoms with Gasteiger partial charge in [-0.2, -0.15) is 10.1 Å². The molecule has 0 N–H and O–H groups in total.